The molecule has 0 saturated carbocycles. The maximum absolute atomic E-state index is 12.7. The van der Waals surface area contributed by atoms with Gasteiger partial charge in [-0.3, -0.25) is 14.5 Å². The van der Waals surface area contributed by atoms with Crippen LogP contribution in [-0.2, 0) is 9.84 Å². The SMILES string of the molecule is O=C1c2ccccc2C(=O)N1CCS(=O)(=O)c1nnnn1-c1ccccc1. The molecule has 0 atom stereocenters. The number of nitrogens with zero attached hydrogens (tertiary/aromatic N) is 5. The Morgan fingerprint density at radius 2 is 1.44 bits per heavy atom. The number of hydrogen-bond donors (Lipinski definition) is 0. The molecule has 2 aromatic carbocycles. The second kappa shape index (κ2) is 6.40. The molecule has 2 amide bonds. The summed E-state index contributed by atoms with van der Waals surface area (Å²) in [5.74, 6) is -1.49. The highest BCUT2D eigenvalue weighted by Gasteiger charge is 2.36. The van der Waals surface area contributed by atoms with Crippen LogP contribution in [0.15, 0.2) is 59.8 Å². The molecule has 136 valence electrons. The number of tetrazole rings is 1. The molecule has 0 unspecified atom stereocenters. The first kappa shape index (κ1) is 17.0. The normalized spacial score (nSPS) is 13.9. The number of sulfone groups is 1. The summed E-state index contributed by atoms with van der Waals surface area (Å²) in [6.07, 6.45) is 0. The average Bonchev–Trinajstić information content (AvgIpc) is 3.27. The summed E-state index contributed by atoms with van der Waals surface area (Å²) in [5, 5.41) is 10.4. The van der Waals surface area contributed by atoms with E-state index in [1.807, 2.05) is 0 Å². The van der Waals surface area contributed by atoms with Crippen molar-refractivity contribution in [1.29, 1.82) is 0 Å². The van der Waals surface area contributed by atoms with Gasteiger partial charge in [-0.1, -0.05) is 35.4 Å². The third-order valence-corrected chi connectivity index (χ3v) is 5.71. The molecule has 1 aromatic heterocycles. The van der Waals surface area contributed by atoms with Gasteiger partial charge < -0.3 is 0 Å². The smallest absolute Gasteiger partial charge is 0.272 e. The number of para-hydroxylation sites is 1. The molecular formula is C17H13N5O4S. The summed E-state index contributed by atoms with van der Waals surface area (Å²) >= 11 is 0. The van der Waals surface area contributed by atoms with E-state index in [1.165, 1.54) is 0 Å². The van der Waals surface area contributed by atoms with Crippen LogP contribution < -0.4 is 0 Å². The van der Waals surface area contributed by atoms with E-state index < -0.39 is 27.4 Å². The highest BCUT2D eigenvalue weighted by molar-refractivity contribution is 7.91. The molecule has 2 heterocycles. The van der Waals surface area contributed by atoms with Gasteiger partial charge in [0.2, 0.25) is 9.84 Å². The standard InChI is InChI=1S/C17H13N5O4S/c23-15-13-8-4-5-9-14(13)16(24)21(15)10-11-27(25,26)17-18-19-20-22(17)12-6-2-1-3-7-12/h1-9H,10-11H2. The number of amides is 2. The largest absolute Gasteiger partial charge is 0.273 e. The van der Waals surface area contributed by atoms with Crippen molar-refractivity contribution in [3.63, 3.8) is 0 Å². The van der Waals surface area contributed by atoms with E-state index in [2.05, 4.69) is 15.5 Å². The van der Waals surface area contributed by atoms with Crippen molar-refractivity contribution in [3.8, 4) is 5.69 Å². The third-order valence-electron chi connectivity index (χ3n) is 4.18. The number of carbonyl (C=O) groups is 2. The molecule has 27 heavy (non-hydrogen) atoms. The molecule has 9 nitrogen and oxygen atoms in total. The Morgan fingerprint density at radius 1 is 0.852 bits per heavy atom. The van der Waals surface area contributed by atoms with Crippen molar-refractivity contribution >= 4 is 21.7 Å². The Hall–Kier alpha value is -3.40. The molecule has 1 aliphatic rings. The molecule has 0 radical (unpaired) electrons. The lowest BCUT2D eigenvalue weighted by Gasteiger charge is -2.13. The van der Waals surface area contributed by atoms with Gasteiger partial charge in [-0.25, -0.2) is 8.42 Å². The predicted molar refractivity (Wildman–Crippen MR) is 93.0 cm³/mol. The molecule has 3 aromatic rings. The zero-order valence-corrected chi connectivity index (χ0v) is 14.7. The minimum atomic E-state index is -3.94. The molecule has 0 aliphatic carbocycles. The van der Waals surface area contributed by atoms with E-state index in [1.54, 1.807) is 54.6 Å². The summed E-state index contributed by atoms with van der Waals surface area (Å²) in [5.41, 5.74) is 1.03. The first-order valence-corrected chi connectivity index (χ1v) is 9.66. The third kappa shape index (κ3) is 2.89. The number of aromatic nitrogens is 4. The molecule has 4 rings (SSSR count). The van der Waals surface area contributed by atoms with Gasteiger partial charge in [-0.2, -0.15) is 4.68 Å². The molecule has 0 bridgehead atoms. The van der Waals surface area contributed by atoms with Gasteiger partial charge in [-0.15, -0.1) is 0 Å². The van der Waals surface area contributed by atoms with Gasteiger partial charge in [0.05, 0.1) is 22.6 Å². The molecule has 0 fully saturated rings. The topological polar surface area (TPSA) is 115 Å². The van der Waals surface area contributed by atoms with Crippen LogP contribution >= 0.6 is 0 Å². The summed E-state index contributed by atoms with van der Waals surface area (Å²) in [6.45, 7) is -0.281. The lowest BCUT2D eigenvalue weighted by atomic mass is 10.1. The highest BCUT2D eigenvalue weighted by atomic mass is 32.2. The predicted octanol–water partition coefficient (Wildman–Crippen LogP) is 0.732. The van der Waals surface area contributed by atoms with Gasteiger partial charge in [-0.05, 0) is 34.7 Å². The first-order chi connectivity index (χ1) is 13.0. The summed E-state index contributed by atoms with van der Waals surface area (Å²) in [4.78, 5) is 25.7. The van der Waals surface area contributed by atoms with E-state index in [0.29, 0.717) is 5.69 Å². The van der Waals surface area contributed by atoms with E-state index >= 15 is 0 Å². The fourth-order valence-corrected chi connectivity index (χ4v) is 4.02. The minimum absolute atomic E-state index is 0.272. The van der Waals surface area contributed by atoms with Gasteiger partial charge in [0, 0.05) is 6.54 Å². The first-order valence-electron chi connectivity index (χ1n) is 8.01. The lowest BCUT2D eigenvalue weighted by molar-refractivity contribution is 0.0664. The van der Waals surface area contributed by atoms with Gasteiger partial charge >= 0.3 is 0 Å². The summed E-state index contributed by atoms with van der Waals surface area (Å²) in [7, 11) is -3.94. The number of hydrogen-bond acceptors (Lipinski definition) is 7. The highest BCUT2D eigenvalue weighted by Crippen LogP contribution is 2.22. The maximum atomic E-state index is 12.7. The van der Waals surface area contributed by atoms with Crippen molar-refractivity contribution in [2.24, 2.45) is 0 Å². The van der Waals surface area contributed by atoms with Crippen LogP contribution in [0, 0.1) is 0 Å². The van der Waals surface area contributed by atoms with E-state index in [4.69, 9.17) is 0 Å². The number of fused-ring (bicyclic) bond motifs is 1. The number of imide groups is 1. The van der Waals surface area contributed by atoms with Crippen LogP contribution in [0.2, 0.25) is 0 Å². The van der Waals surface area contributed by atoms with Crippen molar-refractivity contribution in [1.82, 2.24) is 25.1 Å². The number of benzene rings is 2. The quantitative estimate of drug-likeness (QED) is 0.597. The fraction of sp³-hybridized carbons (Fsp3) is 0.118. The zero-order chi connectivity index (χ0) is 19.0. The molecule has 0 spiro atoms. The Balaban J connectivity index is 1.57. The van der Waals surface area contributed by atoms with Crippen LogP contribution in [0.3, 0.4) is 0 Å². The Bertz CT molecular complexity index is 1110. The Labute approximate surface area is 154 Å². The van der Waals surface area contributed by atoms with Crippen LogP contribution in [-0.4, -0.2) is 57.6 Å². The number of rotatable bonds is 5. The van der Waals surface area contributed by atoms with E-state index in [9.17, 15) is 18.0 Å². The van der Waals surface area contributed by atoms with Crippen LogP contribution in [0.5, 0.6) is 0 Å². The molecular weight excluding hydrogens is 370 g/mol. The summed E-state index contributed by atoms with van der Waals surface area (Å²) in [6, 6.07) is 15.0. The van der Waals surface area contributed by atoms with Gasteiger partial charge in [0.1, 0.15) is 0 Å². The van der Waals surface area contributed by atoms with Gasteiger partial charge in [0.25, 0.3) is 17.0 Å². The van der Waals surface area contributed by atoms with Crippen LogP contribution in [0.25, 0.3) is 5.69 Å². The molecule has 0 N–H and O–H groups in total. The molecule has 10 heteroatoms. The van der Waals surface area contributed by atoms with Crippen molar-refractivity contribution in [2.75, 3.05) is 12.3 Å². The number of carbonyl (C=O) groups excluding carboxylic acids is 2. The van der Waals surface area contributed by atoms with Gasteiger partial charge in [0.15, 0.2) is 0 Å². The second-order valence-corrected chi connectivity index (χ2v) is 7.84. The minimum Gasteiger partial charge on any atom is -0.273 e. The molecule has 0 saturated heterocycles. The van der Waals surface area contributed by atoms with Crippen molar-refractivity contribution in [2.45, 2.75) is 5.16 Å². The fourth-order valence-electron chi connectivity index (χ4n) is 2.85. The van der Waals surface area contributed by atoms with Crippen molar-refractivity contribution < 1.29 is 18.0 Å². The monoisotopic (exact) mass is 383 g/mol. The van der Waals surface area contributed by atoms with E-state index in [-0.39, 0.29) is 22.8 Å². The van der Waals surface area contributed by atoms with Crippen LogP contribution in [0.4, 0.5) is 0 Å². The van der Waals surface area contributed by atoms with E-state index in [0.717, 1.165) is 9.58 Å². The second-order valence-electron chi connectivity index (χ2n) is 5.84. The average molecular weight is 383 g/mol. The summed E-state index contributed by atoms with van der Waals surface area (Å²) < 4.78 is 26.5. The van der Waals surface area contributed by atoms with Crippen molar-refractivity contribution in [3.05, 3.63) is 65.7 Å². The Morgan fingerprint density at radius 3 is 2.07 bits per heavy atom. The lowest BCUT2D eigenvalue weighted by Crippen LogP contribution is -2.34. The Kier molecular flexibility index (Phi) is 4.04. The molecule has 1 aliphatic heterocycles. The van der Waals surface area contributed by atoms with Crippen LogP contribution in [0.1, 0.15) is 20.7 Å². The maximum Gasteiger partial charge on any atom is 0.272 e. The zero-order valence-electron chi connectivity index (χ0n) is 13.9.